The molecular weight excluding hydrogens is 212 g/mol. The first kappa shape index (κ1) is 14.9. The van der Waals surface area contributed by atoms with Crippen molar-refractivity contribution < 1.29 is 8.42 Å². The van der Waals surface area contributed by atoms with Gasteiger partial charge in [0, 0.05) is 25.2 Å². The normalized spacial score (nSPS) is 13.9. The Morgan fingerprint density at radius 3 is 1.87 bits per heavy atom. The lowest BCUT2D eigenvalue weighted by Crippen LogP contribution is -2.44. The van der Waals surface area contributed by atoms with Crippen LogP contribution >= 0.6 is 0 Å². The predicted molar refractivity (Wildman–Crippen MR) is 64.5 cm³/mol. The zero-order chi connectivity index (χ0) is 12.3. The van der Waals surface area contributed by atoms with E-state index >= 15 is 0 Å². The number of hydrogen-bond acceptors (Lipinski definition) is 3. The van der Waals surface area contributed by atoms with Gasteiger partial charge in [0.15, 0.2) is 0 Å². The van der Waals surface area contributed by atoms with Crippen molar-refractivity contribution in [3.05, 3.63) is 0 Å². The van der Waals surface area contributed by atoms with Gasteiger partial charge in [-0.2, -0.15) is 0 Å². The zero-order valence-corrected chi connectivity index (χ0v) is 11.6. The Bertz CT molecular complexity index is 280. The van der Waals surface area contributed by atoms with Crippen LogP contribution < -0.4 is 0 Å². The van der Waals surface area contributed by atoms with E-state index in [4.69, 9.17) is 0 Å². The van der Waals surface area contributed by atoms with Crippen molar-refractivity contribution in [2.24, 2.45) is 0 Å². The largest absolute Gasteiger partial charge is 0.300 e. The van der Waals surface area contributed by atoms with Crippen molar-refractivity contribution in [1.82, 2.24) is 9.21 Å². The van der Waals surface area contributed by atoms with Gasteiger partial charge in [-0.05, 0) is 27.8 Å². The summed E-state index contributed by atoms with van der Waals surface area (Å²) in [5.74, 6) is 0. The molecule has 0 aromatic carbocycles. The molecule has 0 saturated heterocycles. The number of rotatable bonds is 5. The third-order valence-electron chi connectivity index (χ3n) is 2.65. The van der Waals surface area contributed by atoms with Crippen molar-refractivity contribution in [2.75, 3.05) is 32.9 Å². The lowest BCUT2D eigenvalue weighted by Gasteiger charge is -2.33. The van der Waals surface area contributed by atoms with Crippen LogP contribution in [-0.2, 0) is 10.0 Å². The summed E-state index contributed by atoms with van der Waals surface area (Å²) in [7, 11) is -1.04. The van der Waals surface area contributed by atoms with Gasteiger partial charge in [0.25, 0.3) is 0 Å². The quantitative estimate of drug-likeness (QED) is 0.715. The van der Waals surface area contributed by atoms with Crippen molar-refractivity contribution in [2.45, 2.75) is 33.2 Å². The fourth-order valence-corrected chi connectivity index (χ4v) is 2.04. The second-order valence-electron chi connectivity index (χ2n) is 4.85. The van der Waals surface area contributed by atoms with E-state index in [1.807, 2.05) is 14.0 Å². The van der Waals surface area contributed by atoms with Crippen LogP contribution in [0.5, 0.6) is 0 Å². The Kier molecular flexibility index (Phi) is 5.23. The van der Waals surface area contributed by atoms with Crippen molar-refractivity contribution in [1.29, 1.82) is 0 Å². The first-order valence-electron chi connectivity index (χ1n) is 5.25. The third-order valence-corrected chi connectivity index (χ3v) is 4.03. The number of hydrogen-bond donors (Lipinski definition) is 0. The molecule has 0 saturated carbocycles. The SMILES string of the molecule is CCN(CCN(C)C(C)(C)C)S(C)(=O)=O. The highest BCUT2D eigenvalue weighted by molar-refractivity contribution is 7.88. The van der Waals surface area contributed by atoms with Crippen LogP contribution in [0.4, 0.5) is 0 Å². The molecule has 0 fully saturated rings. The predicted octanol–water partition coefficient (Wildman–Crippen LogP) is 0.998. The lowest BCUT2D eigenvalue weighted by molar-refractivity contribution is 0.166. The summed E-state index contributed by atoms with van der Waals surface area (Å²) in [6.07, 6.45) is 1.26. The Morgan fingerprint density at radius 2 is 1.60 bits per heavy atom. The molecule has 0 amide bonds. The minimum absolute atomic E-state index is 0.0803. The molecule has 4 nitrogen and oxygen atoms in total. The molecule has 0 aliphatic rings. The smallest absolute Gasteiger partial charge is 0.211 e. The van der Waals surface area contributed by atoms with E-state index in [0.717, 1.165) is 6.54 Å². The van der Waals surface area contributed by atoms with Crippen LogP contribution in [0.1, 0.15) is 27.7 Å². The first-order chi connectivity index (χ1) is 6.59. The Hall–Kier alpha value is -0.130. The Balaban J connectivity index is 4.26. The first-order valence-corrected chi connectivity index (χ1v) is 7.10. The summed E-state index contributed by atoms with van der Waals surface area (Å²) < 4.78 is 24.2. The van der Waals surface area contributed by atoms with Gasteiger partial charge in [0.05, 0.1) is 6.26 Å². The minimum atomic E-state index is -3.05. The molecule has 0 unspecified atom stereocenters. The molecular formula is C10H24N2O2S. The summed E-state index contributed by atoms with van der Waals surface area (Å²) >= 11 is 0. The highest BCUT2D eigenvalue weighted by atomic mass is 32.2. The number of likely N-dealkylation sites (N-methyl/N-ethyl adjacent to an activating group) is 2. The third kappa shape index (κ3) is 5.49. The van der Waals surface area contributed by atoms with Crippen molar-refractivity contribution >= 4 is 10.0 Å². The average Bonchev–Trinajstić information content (AvgIpc) is 2.00. The Morgan fingerprint density at radius 1 is 1.13 bits per heavy atom. The molecule has 0 spiro atoms. The van der Waals surface area contributed by atoms with Crippen LogP contribution in [0, 0.1) is 0 Å². The standard InChI is InChI=1S/C10H24N2O2S/c1-7-12(15(6,13)14)9-8-11(5)10(2,3)4/h7-9H2,1-6H3. The summed E-state index contributed by atoms with van der Waals surface area (Å²) in [6.45, 7) is 10.1. The monoisotopic (exact) mass is 236 g/mol. The van der Waals surface area contributed by atoms with Gasteiger partial charge in [0.2, 0.25) is 10.0 Å². The molecule has 0 aromatic rings. The van der Waals surface area contributed by atoms with E-state index in [9.17, 15) is 8.42 Å². The van der Waals surface area contributed by atoms with Crippen LogP contribution in [-0.4, -0.2) is 56.1 Å². The number of nitrogens with zero attached hydrogens (tertiary/aromatic N) is 2. The van der Waals surface area contributed by atoms with Crippen molar-refractivity contribution in [3.63, 3.8) is 0 Å². The van der Waals surface area contributed by atoms with E-state index in [2.05, 4.69) is 25.7 Å². The maximum atomic E-state index is 11.3. The zero-order valence-electron chi connectivity index (χ0n) is 10.7. The Labute approximate surface area is 94.3 Å². The van der Waals surface area contributed by atoms with Crippen LogP contribution in [0.2, 0.25) is 0 Å². The second kappa shape index (κ2) is 5.27. The molecule has 0 aromatic heterocycles. The fourth-order valence-electron chi connectivity index (χ4n) is 1.16. The fraction of sp³-hybridized carbons (Fsp3) is 1.00. The maximum absolute atomic E-state index is 11.3. The molecule has 0 rings (SSSR count). The summed E-state index contributed by atoms with van der Waals surface area (Å²) in [5.41, 5.74) is 0.0803. The highest BCUT2D eigenvalue weighted by Gasteiger charge is 2.20. The molecule has 0 heterocycles. The molecule has 92 valence electrons. The molecule has 0 bridgehead atoms. The second-order valence-corrected chi connectivity index (χ2v) is 6.83. The van der Waals surface area contributed by atoms with E-state index in [1.165, 1.54) is 10.6 Å². The summed E-state index contributed by atoms with van der Waals surface area (Å²) in [5, 5.41) is 0. The molecule has 5 heteroatoms. The van der Waals surface area contributed by atoms with E-state index < -0.39 is 10.0 Å². The van der Waals surface area contributed by atoms with Gasteiger partial charge in [-0.3, -0.25) is 0 Å². The maximum Gasteiger partial charge on any atom is 0.211 e. The van der Waals surface area contributed by atoms with Crippen molar-refractivity contribution in [3.8, 4) is 0 Å². The van der Waals surface area contributed by atoms with Gasteiger partial charge in [-0.25, -0.2) is 12.7 Å². The lowest BCUT2D eigenvalue weighted by atomic mass is 10.1. The van der Waals surface area contributed by atoms with E-state index in [0.29, 0.717) is 13.1 Å². The molecule has 0 aliphatic carbocycles. The van der Waals surface area contributed by atoms with Gasteiger partial charge in [-0.1, -0.05) is 6.92 Å². The summed E-state index contributed by atoms with van der Waals surface area (Å²) in [6, 6.07) is 0. The van der Waals surface area contributed by atoms with Gasteiger partial charge in [-0.15, -0.1) is 0 Å². The topological polar surface area (TPSA) is 40.6 Å². The minimum Gasteiger partial charge on any atom is -0.300 e. The van der Waals surface area contributed by atoms with E-state index in [1.54, 1.807) is 0 Å². The van der Waals surface area contributed by atoms with E-state index in [-0.39, 0.29) is 5.54 Å². The molecule has 0 N–H and O–H groups in total. The summed E-state index contributed by atoms with van der Waals surface area (Å²) in [4.78, 5) is 2.15. The van der Waals surface area contributed by atoms with Gasteiger partial charge < -0.3 is 4.90 Å². The highest BCUT2D eigenvalue weighted by Crippen LogP contribution is 2.10. The van der Waals surface area contributed by atoms with Gasteiger partial charge >= 0.3 is 0 Å². The average molecular weight is 236 g/mol. The van der Waals surface area contributed by atoms with Crippen LogP contribution in [0.25, 0.3) is 0 Å². The molecule has 0 atom stereocenters. The van der Waals surface area contributed by atoms with Gasteiger partial charge in [0.1, 0.15) is 0 Å². The molecule has 0 radical (unpaired) electrons. The molecule has 0 aliphatic heterocycles. The van der Waals surface area contributed by atoms with Crippen LogP contribution in [0.3, 0.4) is 0 Å². The van der Waals surface area contributed by atoms with Crippen LogP contribution in [0.15, 0.2) is 0 Å². The molecule has 15 heavy (non-hydrogen) atoms. The number of sulfonamides is 1.